The van der Waals surface area contributed by atoms with Crippen LogP contribution in [-0.4, -0.2) is 22.3 Å². The third kappa shape index (κ3) is 5.76. The van der Waals surface area contributed by atoms with Gasteiger partial charge in [0.1, 0.15) is 5.78 Å². The van der Waals surface area contributed by atoms with Gasteiger partial charge in [-0.25, -0.2) is 0 Å². The Morgan fingerprint density at radius 2 is 2.00 bits per heavy atom. The van der Waals surface area contributed by atoms with Gasteiger partial charge in [0.05, 0.1) is 0 Å². The number of allylic oxidation sites excluding steroid dienone is 1. The van der Waals surface area contributed by atoms with Gasteiger partial charge in [-0.15, -0.1) is 0 Å². The largest absolute Gasteiger partial charge is 0.365 e. The average molecular weight is 158 g/mol. The highest BCUT2D eigenvalue weighted by molar-refractivity contribution is 5.75. The number of ketones is 1. The zero-order chi connectivity index (χ0) is 8.85. The van der Waals surface area contributed by atoms with Crippen LogP contribution in [0.2, 0.25) is 0 Å². The van der Waals surface area contributed by atoms with Crippen molar-refractivity contribution in [2.75, 3.05) is 0 Å². The molecule has 0 bridgehead atoms. The highest BCUT2D eigenvalue weighted by atomic mass is 16.5. The minimum Gasteiger partial charge on any atom is -0.365 e. The number of Topliss-reactive ketones (excluding diaryl/α,β-unsaturated/α-hetero) is 1. The third-order valence-corrected chi connectivity index (χ3v) is 1.37. The molecule has 0 aromatic carbocycles. The van der Waals surface area contributed by atoms with Gasteiger partial charge in [-0.2, -0.15) is 0 Å². The van der Waals surface area contributed by atoms with Crippen molar-refractivity contribution in [2.45, 2.75) is 33.0 Å². The highest BCUT2D eigenvalue weighted by Gasteiger charge is 1.98. The zero-order valence-corrected chi connectivity index (χ0v) is 6.87. The molecule has 0 saturated carbocycles. The molecular weight excluding hydrogens is 144 g/mol. The summed E-state index contributed by atoms with van der Waals surface area (Å²) in [6, 6.07) is 0. The van der Waals surface area contributed by atoms with Gasteiger partial charge in [-0.05, 0) is 25.8 Å². The van der Waals surface area contributed by atoms with Gasteiger partial charge < -0.3 is 15.0 Å². The number of aliphatic hydroxyl groups excluding tert-OH is 1. The summed E-state index contributed by atoms with van der Waals surface area (Å²) in [4.78, 5) is 10.4. The Labute approximate surface area is 66.4 Å². The number of hydrogen-bond acceptors (Lipinski definition) is 3. The first-order valence-corrected chi connectivity index (χ1v) is 3.56. The molecule has 0 heterocycles. The molecule has 0 aliphatic carbocycles. The van der Waals surface area contributed by atoms with Crippen molar-refractivity contribution in [3.8, 4) is 0 Å². The molecular formula is C8H14O3. The molecule has 0 atom stereocenters. The zero-order valence-electron chi connectivity index (χ0n) is 6.87. The Bertz CT molecular complexity index is 159. The van der Waals surface area contributed by atoms with E-state index in [1.54, 1.807) is 13.0 Å². The fourth-order valence-electron chi connectivity index (χ4n) is 0.609. The van der Waals surface area contributed by atoms with Crippen molar-refractivity contribution >= 4 is 5.78 Å². The Hall–Kier alpha value is -0.670. The number of carbonyl (C=O) groups is 1. The van der Waals surface area contributed by atoms with E-state index in [9.17, 15) is 4.79 Å². The molecule has 0 rings (SSSR count). The van der Waals surface area contributed by atoms with Crippen molar-refractivity contribution in [1.29, 1.82) is 0 Å². The van der Waals surface area contributed by atoms with Crippen molar-refractivity contribution < 1.29 is 15.0 Å². The molecule has 0 saturated heterocycles. The van der Waals surface area contributed by atoms with Crippen LogP contribution in [0.15, 0.2) is 11.6 Å². The van der Waals surface area contributed by atoms with Crippen LogP contribution in [0.3, 0.4) is 0 Å². The predicted molar refractivity (Wildman–Crippen MR) is 41.9 cm³/mol. The number of carbonyl (C=O) groups excluding carboxylic acids is 1. The third-order valence-electron chi connectivity index (χ3n) is 1.37. The maximum absolute atomic E-state index is 10.4. The Morgan fingerprint density at radius 3 is 2.36 bits per heavy atom. The van der Waals surface area contributed by atoms with Crippen LogP contribution in [0.1, 0.15) is 26.7 Å². The lowest BCUT2D eigenvalue weighted by Crippen LogP contribution is -2.05. The van der Waals surface area contributed by atoms with E-state index in [2.05, 4.69) is 0 Å². The molecule has 0 aliphatic rings. The maximum Gasteiger partial charge on any atom is 0.173 e. The lowest BCUT2D eigenvalue weighted by Gasteiger charge is -2.01. The molecule has 3 heteroatoms. The standard InChI is InChI=1S/C8H14O3/c1-6(8(10)11)4-3-5-7(2)9/h4,8,10-11H,3,5H2,1-2H3. The molecule has 0 aliphatic heterocycles. The minimum absolute atomic E-state index is 0.112. The first-order chi connectivity index (χ1) is 5.04. The van der Waals surface area contributed by atoms with Gasteiger partial charge in [0, 0.05) is 6.42 Å². The van der Waals surface area contributed by atoms with Gasteiger partial charge in [0.15, 0.2) is 6.29 Å². The van der Waals surface area contributed by atoms with Crippen molar-refractivity contribution in [3.05, 3.63) is 11.6 Å². The second-order valence-electron chi connectivity index (χ2n) is 2.56. The number of hydrogen-bond donors (Lipinski definition) is 2. The fraction of sp³-hybridized carbons (Fsp3) is 0.625. The van der Waals surface area contributed by atoms with Crippen molar-refractivity contribution in [3.63, 3.8) is 0 Å². The van der Waals surface area contributed by atoms with Crippen LogP contribution >= 0.6 is 0 Å². The minimum atomic E-state index is -1.39. The van der Waals surface area contributed by atoms with Crippen LogP contribution in [-0.2, 0) is 4.79 Å². The quantitative estimate of drug-likeness (QED) is 0.465. The number of rotatable bonds is 4. The lowest BCUT2D eigenvalue weighted by atomic mass is 10.2. The fourth-order valence-corrected chi connectivity index (χ4v) is 0.609. The molecule has 0 radical (unpaired) electrons. The summed E-state index contributed by atoms with van der Waals surface area (Å²) in [6.07, 6.45) is 1.32. The summed E-state index contributed by atoms with van der Waals surface area (Å²) >= 11 is 0. The van der Waals surface area contributed by atoms with Gasteiger partial charge in [0.25, 0.3) is 0 Å². The predicted octanol–water partition coefficient (Wildman–Crippen LogP) is 0.613. The molecule has 3 nitrogen and oxygen atoms in total. The first kappa shape index (κ1) is 10.3. The summed E-state index contributed by atoms with van der Waals surface area (Å²) in [7, 11) is 0. The normalized spacial score (nSPS) is 12.3. The van der Waals surface area contributed by atoms with Crippen LogP contribution in [0.4, 0.5) is 0 Å². The van der Waals surface area contributed by atoms with E-state index >= 15 is 0 Å². The summed E-state index contributed by atoms with van der Waals surface area (Å²) in [5.41, 5.74) is 0.492. The SMILES string of the molecule is CC(=O)CCC=C(C)C(O)O. The topological polar surface area (TPSA) is 57.5 Å². The van der Waals surface area contributed by atoms with Gasteiger partial charge in [-0.3, -0.25) is 0 Å². The first-order valence-electron chi connectivity index (χ1n) is 3.56. The second kappa shape index (κ2) is 5.04. The van der Waals surface area contributed by atoms with E-state index in [1.807, 2.05) is 0 Å². The van der Waals surface area contributed by atoms with E-state index < -0.39 is 6.29 Å². The molecule has 0 unspecified atom stereocenters. The molecule has 0 amide bonds. The Morgan fingerprint density at radius 1 is 1.45 bits per heavy atom. The summed E-state index contributed by atoms with van der Waals surface area (Å²) in [5, 5.41) is 17.2. The summed E-state index contributed by atoms with van der Waals surface area (Å²) in [5.74, 6) is 0.112. The van der Waals surface area contributed by atoms with Gasteiger partial charge in [0.2, 0.25) is 0 Å². The molecule has 11 heavy (non-hydrogen) atoms. The molecule has 0 fully saturated rings. The van der Waals surface area contributed by atoms with Crippen LogP contribution < -0.4 is 0 Å². The van der Waals surface area contributed by atoms with E-state index in [0.29, 0.717) is 18.4 Å². The second-order valence-corrected chi connectivity index (χ2v) is 2.56. The van der Waals surface area contributed by atoms with E-state index in [-0.39, 0.29) is 5.78 Å². The van der Waals surface area contributed by atoms with E-state index in [0.717, 1.165) is 0 Å². The van der Waals surface area contributed by atoms with Crippen molar-refractivity contribution in [1.82, 2.24) is 0 Å². The van der Waals surface area contributed by atoms with Gasteiger partial charge >= 0.3 is 0 Å². The van der Waals surface area contributed by atoms with Crippen LogP contribution in [0, 0.1) is 0 Å². The Balaban J connectivity index is 3.65. The van der Waals surface area contributed by atoms with E-state index in [4.69, 9.17) is 10.2 Å². The Kier molecular flexibility index (Phi) is 4.74. The lowest BCUT2D eigenvalue weighted by molar-refractivity contribution is -0.116. The molecule has 0 aromatic rings. The molecule has 64 valence electrons. The number of aliphatic hydroxyl groups is 2. The highest BCUT2D eigenvalue weighted by Crippen LogP contribution is 2.01. The smallest absolute Gasteiger partial charge is 0.173 e. The molecule has 0 spiro atoms. The van der Waals surface area contributed by atoms with Crippen LogP contribution in [0.5, 0.6) is 0 Å². The van der Waals surface area contributed by atoms with Crippen LogP contribution in [0.25, 0.3) is 0 Å². The van der Waals surface area contributed by atoms with Crippen molar-refractivity contribution in [2.24, 2.45) is 0 Å². The maximum atomic E-state index is 10.4. The monoisotopic (exact) mass is 158 g/mol. The molecule has 0 aromatic heterocycles. The van der Waals surface area contributed by atoms with E-state index in [1.165, 1.54) is 6.92 Å². The van der Waals surface area contributed by atoms with Gasteiger partial charge in [-0.1, -0.05) is 6.08 Å². The molecule has 2 N–H and O–H groups in total. The summed E-state index contributed by atoms with van der Waals surface area (Å²) < 4.78 is 0. The summed E-state index contributed by atoms with van der Waals surface area (Å²) in [6.45, 7) is 3.13. The average Bonchev–Trinajstić information content (AvgIpc) is 1.86.